The molecule has 0 saturated heterocycles. The van der Waals surface area contributed by atoms with Gasteiger partial charge in [0.25, 0.3) is 5.91 Å². The Kier molecular flexibility index (Phi) is 5.04. The normalized spacial score (nSPS) is 11.0. The van der Waals surface area contributed by atoms with E-state index in [1.54, 1.807) is 18.2 Å². The summed E-state index contributed by atoms with van der Waals surface area (Å²) in [5.41, 5.74) is 0.171. The second kappa shape index (κ2) is 7.18. The third kappa shape index (κ3) is 4.03. The van der Waals surface area contributed by atoms with Crippen molar-refractivity contribution in [1.82, 2.24) is 5.32 Å². The van der Waals surface area contributed by atoms with Crippen molar-refractivity contribution in [2.45, 2.75) is 6.42 Å². The van der Waals surface area contributed by atoms with E-state index < -0.39 is 17.5 Å². The van der Waals surface area contributed by atoms with Crippen molar-refractivity contribution in [1.29, 1.82) is 5.26 Å². The molecule has 0 spiro atoms. The van der Waals surface area contributed by atoms with E-state index in [1.807, 2.05) is 0 Å². The summed E-state index contributed by atoms with van der Waals surface area (Å²) in [6, 6.07) is 8.27. The lowest BCUT2D eigenvalue weighted by Gasteiger charge is -2.05. The van der Waals surface area contributed by atoms with Gasteiger partial charge in [0.1, 0.15) is 29.0 Å². The number of hydrogen-bond donors (Lipinski definition) is 1. The van der Waals surface area contributed by atoms with Gasteiger partial charge in [-0.3, -0.25) is 4.79 Å². The first-order valence-corrected chi connectivity index (χ1v) is 6.47. The number of nitrogens with zero attached hydrogens (tertiary/aromatic N) is 1. The van der Waals surface area contributed by atoms with Crippen LogP contribution in [0.5, 0.6) is 0 Å². The van der Waals surface area contributed by atoms with E-state index in [4.69, 9.17) is 9.68 Å². The van der Waals surface area contributed by atoms with Crippen LogP contribution < -0.4 is 5.32 Å². The summed E-state index contributed by atoms with van der Waals surface area (Å²) in [6.45, 7) is 0.124. The van der Waals surface area contributed by atoms with Crippen molar-refractivity contribution in [2.75, 3.05) is 6.54 Å². The first-order valence-electron chi connectivity index (χ1n) is 6.47. The predicted octanol–water partition coefficient (Wildman–Crippen LogP) is 2.82. The number of rotatable bonds is 5. The Hall–Kier alpha value is -2.94. The molecule has 0 atom stereocenters. The van der Waals surface area contributed by atoms with Crippen LogP contribution in [0.3, 0.4) is 0 Å². The van der Waals surface area contributed by atoms with Gasteiger partial charge in [0.2, 0.25) is 0 Å². The number of halogens is 2. The van der Waals surface area contributed by atoms with Crippen molar-refractivity contribution in [3.05, 3.63) is 65.1 Å². The largest absolute Gasteiger partial charge is 0.465 e. The van der Waals surface area contributed by atoms with Crippen LogP contribution in [0.15, 0.2) is 46.6 Å². The summed E-state index contributed by atoms with van der Waals surface area (Å²) in [6.07, 6.45) is 2.93. The molecule has 22 heavy (non-hydrogen) atoms. The maximum Gasteiger partial charge on any atom is 0.262 e. The summed E-state index contributed by atoms with van der Waals surface area (Å²) in [5, 5.41) is 11.5. The van der Waals surface area contributed by atoms with Crippen molar-refractivity contribution in [2.24, 2.45) is 0 Å². The van der Waals surface area contributed by atoms with Crippen molar-refractivity contribution < 1.29 is 18.0 Å². The van der Waals surface area contributed by atoms with E-state index in [-0.39, 0.29) is 24.1 Å². The summed E-state index contributed by atoms with van der Waals surface area (Å²) in [5.74, 6) is -1.52. The third-order valence-corrected chi connectivity index (χ3v) is 2.89. The molecule has 0 unspecified atom stereocenters. The Balaban J connectivity index is 1.93. The molecule has 0 aliphatic heterocycles. The second-order valence-corrected chi connectivity index (χ2v) is 4.43. The lowest BCUT2D eigenvalue weighted by atomic mass is 10.1. The standard InChI is InChI=1S/C16H12F2N2O2/c17-13-4-3-11(15(18)9-13)5-6-20-16(21)12(10-19)8-14-2-1-7-22-14/h1-4,7-9H,5-6H2,(H,20,21)/b12-8+. The smallest absolute Gasteiger partial charge is 0.262 e. The number of carbonyl (C=O) groups is 1. The van der Waals surface area contributed by atoms with Crippen LogP contribution in [0.25, 0.3) is 6.08 Å². The Labute approximate surface area is 125 Å². The molecular formula is C16H12F2N2O2. The topological polar surface area (TPSA) is 66.0 Å². The van der Waals surface area contributed by atoms with Crippen LogP contribution in [0.2, 0.25) is 0 Å². The SMILES string of the molecule is N#C/C(=C\c1ccco1)C(=O)NCCc1ccc(F)cc1F. The van der Waals surface area contributed by atoms with Crippen molar-refractivity contribution in [3.63, 3.8) is 0 Å². The van der Waals surface area contributed by atoms with E-state index in [1.165, 1.54) is 18.4 Å². The van der Waals surface area contributed by atoms with Gasteiger partial charge in [-0.1, -0.05) is 6.07 Å². The average molecular weight is 302 g/mol. The molecule has 1 heterocycles. The molecule has 0 saturated carbocycles. The molecule has 4 nitrogen and oxygen atoms in total. The first-order chi connectivity index (χ1) is 10.6. The molecule has 0 radical (unpaired) electrons. The van der Waals surface area contributed by atoms with E-state index in [0.717, 1.165) is 12.1 Å². The van der Waals surface area contributed by atoms with Gasteiger partial charge in [-0.05, 0) is 30.2 Å². The Morgan fingerprint density at radius 1 is 1.36 bits per heavy atom. The number of carbonyl (C=O) groups excluding carboxylic acids is 1. The number of furan rings is 1. The van der Waals surface area contributed by atoms with Gasteiger partial charge in [-0.15, -0.1) is 0 Å². The fourth-order valence-corrected chi connectivity index (χ4v) is 1.79. The van der Waals surface area contributed by atoms with E-state index in [2.05, 4.69) is 5.32 Å². The zero-order valence-corrected chi connectivity index (χ0v) is 11.5. The Bertz CT molecular complexity index is 731. The Morgan fingerprint density at radius 3 is 2.82 bits per heavy atom. The number of nitriles is 1. The third-order valence-electron chi connectivity index (χ3n) is 2.89. The van der Waals surface area contributed by atoms with Crippen LogP contribution >= 0.6 is 0 Å². The monoisotopic (exact) mass is 302 g/mol. The van der Waals surface area contributed by atoms with E-state index >= 15 is 0 Å². The van der Waals surface area contributed by atoms with Crippen LogP contribution in [0.4, 0.5) is 8.78 Å². The number of amides is 1. The molecule has 112 valence electrons. The lowest BCUT2D eigenvalue weighted by Crippen LogP contribution is -2.26. The first kappa shape index (κ1) is 15.4. The highest BCUT2D eigenvalue weighted by Gasteiger charge is 2.10. The zero-order chi connectivity index (χ0) is 15.9. The van der Waals surface area contributed by atoms with Gasteiger partial charge in [-0.25, -0.2) is 8.78 Å². The van der Waals surface area contributed by atoms with Gasteiger partial charge in [0.05, 0.1) is 6.26 Å². The van der Waals surface area contributed by atoms with Gasteiger partial charge in [-0.2, -0.15) is 5.26 Å². The van der Waals surface area contributed by atoms with Gasteiger partial charge >= 0.3 is 0 Å². The minimum atomic E-state index is -0.666. The fraction of sp³-hybridized carbons (Fsp3) is 0.125. The summed E-state index contributed by atoms with van der Waals surface area (Å²) in [4.78, 5) is 11.8. The van der Waals surface area contributed by atoms with Gasteiger partial charge < -0.3 is 9.73 Å². The summed E-state index contributed by atoms with van der Waals surface area (Å²) in [7, 11) is 0. The molecule has 0 fully saturated rings. The maximum atomic E-state index is 13.4. The Morgan fingerprint density at radius 2 is 2.18 bits per heavy atom. The summed E-state index contributed by atoms with van der Waals surface area (Å²) >= 11 is 0. The predicted molar refractivity (Wildman–Crippen MR) is 75.4 cm³/mol. The van der Waals surface area contributed by atoms with Crippen LogP contribution in [0.1, 0.15) is 11.3 Å². The molecule has 0 aliphatic carbocycles. The van der Waals surface area contributed by atoms with Crippen LogP contribution in [-0.4, -0.2) is 12.5 Å². The number of benzene rings is 1. The molecule has 1 amide bonds. The second-order valence-electron chi connectivity index (χ2n) is 4.43. The van der Waals surface area contributed by atoms with Gasteiger partial charge in [0.15, 0.2) is 0 Å². The highest BCUT2D eigenvalue weighted by atomic mass is 19.1. The van der Waals surface area contributed by atoms with Gasteiger partial charge in [0, 0.05) is 18.7 Å². The summed E-state index contributed by atoms with van der Waals surface area (Å²) < 4.78 is 31.2. The fourth-order valence-electron chi connectivity index (χ4n) is 1.79. The number of hydrogen-bond acceptors (Lipinski definition) is 3. The zero-order valence-electron chi connectivity index (χ0n) is 11.5. The highest BCUT2D eigenvalue weighted by molar-refractivity contribution is 6.01. The molecule has 2 aromatic rings. The molecule has 1 N–H and O–H groups in total. The molecular weight excluding hydrogens is 290 g/mol. The molecule has 2 rings (SSSR count). The molecule has 1 aromatic carbocycles. The molecule has 1 aromatic heterocycles. The number of nitrogens with one attached hydrogen (secondary N) is 1. The maximum absolute atomic E-state index is 13.4. The van der Waals surface area contributed by atoms with E-state index in [0.29, 0.717) is 5.76 Å². The quantitative estimate of drug-likeness (QED) is 0.682. The minimum Gasteiger partial charge on any atom is -0.465 e. The highest BCUT2D eigenvalue weighted by Crippen LogP contribution is 2.10. The molecule has 0 bridgehead atoms. The van der Waals surface area contributed by atoms with Crippen molar-refractivity contribution >= 4 is 12.0 Å². The van der Waals surface area contributed by atoms with Crippen molar-refractivity contribution in [3.8, 4) is 6.07 Å². The lowest BCUT2D eigenvalue weighted by molar-refractivity contribution is -0.117. The van der Waals surface area contributed by atoms with E-state index in [9.17, 15) is 13.6 Å². The van der Waals surface area contributed by atoms with Crippen LogP contribution in [0, 0.1) is 23.0 Å². The minimum absolute atomic E-state index is 0.116. The average Bonchev–Trinajstić information content (AvgIpc) is 3.00. The molecule has 6 heteroatoms. The van der Waals surface area contributed by atoms with Crippen LogP contribution in [-0.2, 0) is 11.2 Å². The molecule has 0 aliphatic rings.